The molecule has 1 saturated carbocycles. The Morgan fingerprint density at radius 1 is 1.47 bits per heavy atom. The van der Waals surface area contributed by atoms with Gasteiger partial charge in [-0.05, 0) is 31.2 Å². The quantitative estimate of drug-likeness (QED) is 0.916. The summed E-state index contributed by atoms with van der Waals surface area (Å²) in [5.41, 5.74) is 0. The fourth-order valence-electron chi connectivity index (χ4n) is 2.57. The maximum atomic E-state index is 11.7. The molecule has 96 valence electrons. The van der Waals surface area contributed by atoms with Crippen molar-refractivity contribution in [2.24, 2.45) is 0 Å². The van der Waals surface area contributed by atoms with Gasteiger partial charge >= 0.3 is 0 Å². The monoisotopic (exact) mass is 273 g/mol. The van der Waals surface area contributed by atoms with E-state index >= 15 is 0 Å². The Morgan fingerprint density at radius 2 is 2.24 bits per heavy atom. The van der Waals surface area contributed by atoms with Crippen molar-refractivity contribution in [2.45, 2.75) is 43.5 Å². The fraction of sp³-hybridized carbons (Fsp3) is 0.667. The SMILES string of the molecule is CC(NC1CCCC1S(C)(=O)=O)c1cccs1. The number of hydrogen-bond acceptors (Lipinski definition) is 4. The summed E-state index contributed by atoms with van der Waals surface area (Å²) in [5.74, 6) is 0. The second kappa shape index (κ2) is 5.08. The third kappa shape index (κ3) is 3.09. The highest BCUT2D eigenvalue weighted by molar-refractivity contribution is 7.91. The molecule has 0 amide bonds. The summed E-state index contributed by atoms with van der Waals surface area (Å²) in [6.07, 6.45) is 4.13. The van der Waals surface area contributed by atoms with E-state index in [-0.39, 0.29) is 17.3 Å². The van der Waals surface area contributed by atoms with Crippen molar-refractivity contribution >= 4 is 21.2 Å². The minimum Gasteiger partial charge on any atom is -0.305 e. The van der Waals surface area contributed by atoms with Crippen LogP contribution in [0.1, 0.15) is 37.1 Å². The number of rotatable bonds is 4. The minimum atomic E-state index is -2.93. The van der Waals surface area contributed by atoms with Crippen molar-refractivity contribution in [3.05, 3.63) is 22.4 Å². The second-order valence-corrected chi connectivity index (χ2v) is 8.05. The molecule has 1 N–H and O–H groups in total. The third-order valence-electron chi connectivity index (χ3n) is 3.44. The number of nitrogens with one attached hydrogen (secondary N) is 1. The Bertz CT molecular complexity index is 453. The summed E-state index contributed by atoms with van der Waals surface area (Å²) >= 11 is 1.71. The second-order valence-electron chi connectivity index (χ2n) is 4.81. The number of hydrogen-bond donors (Lipinski definition) is 1. The molecular formula is C12H19NO2S2. The van der Waals surface area contributed by atoms with Gasteiger partial charge in [0, 0.05) is 23.2 Å². The number of thiophene rings is 1. The van der Waals surface area contributed by atoms with Crippen LogP contribution in [0.4, 0.5) is 0 Å². The van der Waals surface area contributed by atoms with Gasteiger partial charge in [0.05, 0.1) is 5.25 Å². The zero-order valence-electron chi connectivity index (χ0n) is 10.2. The molecule has 5 heteroatoms. The van der Waals surface area contributed by atoms with Gasteiger partial charge in [0.25, 0.3) is 0 Å². The van der Waals surface area contributed by atoms with Crippen molar-refractivity contribution in [3.63, 3.8) is 0 Å². The highest BCUT2D eigenvalue weighted by atomic mass is 32.2. The van der Waals surface area contributed by atoms with Crippen molar-refractivity contribution in [1.82, 2.24) is 5.32 Å². The zero-order valence-corrected chi connectivity index (χ0v) is 11.9. The summed E-state index contributed by atoms with van der Waals surface area (Å²) in [6.45, 7) is 2.10. The highest BCUT2D eigenvalue weighted by Gasteiger charge is 2.35. The molecule has 0 aromatic carbocycles. The van der Waals surface area contributed by atoms with Gasteiger partial charge in [-0.3, -0.25) is 0 Å². The van der Waals surface area contributed by atoms with E-state index in [1.807, 2.05) is 6.07 Å². The van der Waals surface area contributed by atoms with Gasteiger partial charge in [-0.25, -0.2) is 8.42 Å². The Morgan fingerprint density at radius 3 is 2.82 bits per heavy atom. The van der Waals surface area contributed by atoms with E-state index in [1.165, 1.54) is 11.1 Å². The van der Waals surface area contributed by atoms with Crippen LogP contribution in [-0.2, 0) is 9.84 Å². The van der Waals surface area contributed by atoms with Crippen LogP contribution in [0.25, 0.3) is 0 Å². The van der Waals surface area contributed by atoms with Gasteiger partial charge in [-0.15, -0.1) is 11.3 Å². The first-order valence-corrected chi connectivity index (χ1v) is 8.80. The van der Waals surface area contributed by atoms with E-state index in [9.17, 15) is 8.42 Å². The summed E-state index contributed by atoms with van der Waals surface area (Å²) in [4.78, 5) is 1.27. The van der Waals surface area contributed by atoms with Gasteiger partial charge in [-0.1, -0.05) is 12.5 Å². The first-order chi connectivity index (χ1) is 7.98. The van der Waals surface area contributed by atoms with Crippen molar-refractivity contribution in [1.29, 1.82) is 0 Å². The molecule has 1 heterocycles. The molecule has 0 radical (unpaired) electrons. The molecule has 0 saturated heterocycles. The molecule has 0 aliphatic heterocycles. The van der Waals surface area contributed by atoms with Crippen LogP contribution in [0.5, 0.6) is 0 Å². The molecule has 1 aliphatic rings. The smallest absolute Gasteiger partial charge is 0.151 e. The summed E-state index contributed by atoms with van der Waals surface area (Å²) < 4.78 is 23.3. The van der Waals surface area contributed by atoms with Crippen LogP contribution < -0.4 is 5.32 Å². The van der Waals surface area contributed by atoms with Crippen LogP contribution in [0.3, 0.4) is 0 Å². The molecular weight excluding hydrogens is 254 g/mol. The first-order valence-electron chi connectivity index (χ1n) is 5.97. The van der Waals surface area contributed by atoms with E-state index in [0.717, 1.165) is 19.3 Å². The molecule has 17 heavy (non-hydrogen) atoms. The third-order valence-corrected chi connectivity index (χ3v) is 6.16. The van der Waals surface area contributed by atoms with Crippen LogP contribution in [0.2, 0.25) is 0 Å². The Hall–Kier alpha value is -0.390. The predicted octanol–water partition coefficient (Wildman–Crippen LogP) is 2.36. The summed E-state index contributed by atoms with van der Waals surface area (Å²) in [5, 5.41) is 5.32. The van der Waals surface area contributed by atoms with E-state index in [1.54, 1.807) is 11.3 Å². The Balaban J connectivity index is 2.04. The molecule has 3 nitrogen and oxygen atoms in total. The largest absolute Gasteiger partial charge is 0.305 e. The molecule has 0 spiro atoms. The molecule has 0 bridgehead atoms. The molecule has 1 aromatic heterocycles. The standard InChI is InChI=1S/C12H19NO2S2/c1-9(11-6-4-8-16-11)13-10-5-3-7-12(10)17(2,14)15/h4,6,8-10,12-13H,3,5,7H2,1-2H3. The maximum absolute atomic E-state index is 11.7. The topological polar surface area (TPSA) is 46.2 Å². The molecule has 3 unspecified atom stereocenters. The lowest BCUT2D eigenvalue weighted by Gasteiger charge is -2.23. The van der Waals surface area contributed by atoms with Gasteiger partial charge in [0.15, 0.2) is 9.84 Å². The van der Waals surface area contributed by atoms with Gasteiger partial charge in [-0.2, -0.15) is 0 Å². The molecule has 1 aliphatic carbocycles. The fourth-order valence-corrected chi connectivity index (χ4v) is 4.72. The van der Waals surface area contributed by atoms with Crippen molar-refractivity contribution < 1.29 is 8.42 Å². The lowest BCUT2D eigenvalue weighted by molar-refractivity contribution is 0.459. The highest BCUT2D eigenvalue weighted by Crippen LogP contribution is 2.28. The van der Waals surface area contributed by atoms with Crippen molar-refractivity contribution in [3.8, 4) is 0 Å². The van der Waals surface area contributed by atoms with E-state index in [2.05, 4.69) is 23.7 Å². The lowest BCUT2D eigenvalue weighted by Crippen LogP contribution is -2.40. The zero-order chi connectivity index (χ0) is 12.5. The average molecular weight is 273 g/mol. The van der Waals surface area contributed by atoms with Gasteiger partial charge in [0.2, 0.25) is 0 Å². The van der Waals surface area contributed by atoms with Crippen molar-refractivity contribution in [2.75, 3.05) is 6.26 Å². The summed E-state index contributed by atoms with van der Waals surface area (Å²) in [7, 11) is -2.93. The van der Waals surface area contributed by atoms with Gasteiger partial charge < -0.3 is 5.32 Å². The average Bonchev–Trinajstić information content (AvgIpc) is 2.85. The van der Waals surface area contributed by atoms with Crippen LogP contribution >= 0.6 is 11.3 Å². The molecule has 1 aromatic rings. The first kappa shape index (κ1) is 13.1. The van der Waals surface area contributed by atoms with Crippen LogP contribution in [0.15, 0.2) is 17.5 Å². The summed E-state index contributed by atoms with van der Waals surface area (Å²) in [6, 6.07) is 4.47. The lowest BCUT2D eigenvalue weighted by atomic mass is 10.2. The van der Waals surface area contributed by atoms with E-state index in [4.69, 9.17) is 0 Å². The van der Waals surface area contributed by atoms with Crippen LogP contribution in [0, 0.1) is 0 Å². The molecule has 3 atom stereocenters. The number of sulfone groups is 1. The Labute approximate surface area is 107 Å². The van der Waals surface area contributed by atoms with E-state index in [0.29, 0.717) is 0 Å². The maximum Gasteiger partial charge on any atom is 0.151 e. The molecule has 1 fully saturated rings. The normalized spacial score (nSPS) is 27.2. The Kier molecular flexibility index (Phi) is 3.90. The van der Waals surface area contributed by atoms with Gasteiger partial charge in [0.1, 0.15) is 0 Å². The molecule has 2 rings (SSSR count). The van der Waals surface area contributed by atoms with E-state index < -0.39 is 9.84 Å². The minimum absolute atomic E-state index is 0.113. The van der Waals surface area contributed by atoms with Crippen LogP contribution in [-0.4, -0.2) is 26.0 Å². The predicted molar refractivity (Wildman–Crippen MR) is 72.1 cm³/mol.